The Hall–Kier alpha value is -0.120. The monoisotopic (exact) mass is 271 g/mol. The summed E-state index contributed by atoms with van der Waals surface area (Å²) in [5, 5.41) is 6.75. The van der Waals surface area contributed by atoms with Gasteiger partial charge >= 0.3 is 0 Å². The smallest absolute Gasteiger partial charge is 0.0221 e. The lowest BCUT2D eigenvalue weighted by atomic mass is 9.83. The van der Waals surface area contributed by atoms with Gasteiger partial charge in [0.1, 0.15) is 0 Å². The first-order chi connectivity index (χ1) is 9.09. The van der Waals surface area contributed by atoms with Gasteiger partial charge < -0.3 is 16.4 Å². The molecule has 3 heteroatoms. The summed E-state index contributed by atoms with van der Waals surface area (Å²) in [5.41, 5.74) is 6.06. The second-order valence-electron chi connectivity index (χ2n) is 5.97. The van der Waals surface area contributed by atoms with E-state index in [0.29, 0.717) is 18.1 Å². The Labute approximate surface area is 121 Å². The Balaban J connectivity index is 0.000000383. The normalized spacial score (nSPS) is 30.2. The number of nitrogens with one attached hydrogen (secondary N) is 2. The highest BCUT2D eigenvalue weighted by molar-refractivity contribution is 4.86. The zero-order valence-electron chi connectivity index (χ0n) is 13.8. The molecule has 1 heterocycles. The quantitative estimate of drug-likeness (QED) is 0.724. The van der Waals surface area contributed by atoms with Crippen LogP contribution in [0.4, 0.5) is 0 Å². The fraction of sp³-hybridized carbons (Fsp3) is 1.00. The summed E-state index contributed by atoms with van der Waals surface area (Å²) in [6, 6.07) is 1.49. The summed E-state index contributed by atoms with van der Waals surface area (Å²) >= 11 is 0. The fourth-order valence-electron chi connectivity index (χ4n) is 2.68. The van der Waals surface area contributed by atoms with Crippen molar-refractivity contribution >= 4 is 0 Å². The third-order valence-electron chi connectivity index (χ3n) is 3.67. The highest BCUT2D eigenvalue weighted by Crippen LogP contribution is 2.22. The number of rotatable bonds is 2. The van der Waals surface area contributed by atoms with Crippen LogP contribution >= 0.6 is 0 Å². The molecule has 0 aromatic heterocycles. The molecule has 0 radical (unpaired) electrons. The summed E-state index contributed by atoms with van der Waals surface area (Å²) in [6.45, 7) is 13.2. The molecule has 1 aliphatic heterocycles. The summed E-state index contributed by atoms with van der Waals surface area (Å²) in [6.07, 6.45) is 6.54. The van der Waals surface area contributed by atoms with Crippen LogP contribution in [0.3, 0.4) is 0 Å². The fourth-order valence-corrected chi connectivity index (χ4v) is 2.68. The SMILES string of the molecule is C1CCNC1.CC.CC1CCC(NC(C)C)C(N)C1. The van der Waals surface area contributed by atoms with Gasteiger partial charge in [-0.3, -0.25) is 0 Å². The first-order valence-electron chi connectivity index (χ1n) is 8.32. The molecule has 3 unspecified atom stereocenters. The molecule has 2 rings (SSSR count). The van der Waals surface area contributed by atoms with Crippen molar-refractivity contribution in [3.63, 3.8) is 0 Å². The Morgan fingerprint density at radius 3 is 2.05 bits per heavy atom. The molecule has 3 atom stereocenters. The second kappa shape index (κ2) is 11.7. The van der Waals surface area contributed by atoms with E-state index in [9.17, 15) is 0 Å². The molecule has 0 spiro atoms. The van der Waals surface area contributed by atoms with E-state index in [-0.39, 0.29) is 0 Å². The summed E-state index contributed by atoms with van der Waals surface area (Å²) in [7, 11) is 0. The van der Waals surface area contributed by atoms with Gasteiger partial charge in [0.25, 0.3) is 0 Å². The van der Waals surface area contributed by atoms with Crippen LogP contribution in [0.15, 0.2) is 0 Å². The van der Waals surface area contributed by atoms with Gasteiger partial charge in [0, 0.05) is 18.1 Å². The van der Waals surface area contributed by atoms with Crippen LogP contribution in [-0.2, 0) is 0 Å². The van der Waals surface area contributed by atoms with Crippen LogP contribution in [0.25, 0.3) is 0 Å². The molecule has 4 N–H and O–H groups in total. The van der Waals surface area contributed by atoms with E-state index in [0.717, 1.165) is 5.92 Å². The van der Waals surface area contributed by atoms with Crippen LogP contribution in [-0.4, -0.2) is 31.2 Å². The molecule has 19 heavy (non-hydrogen) atoms. The highest BCUT2D eigenvalue weighted by atomic mass is 15.0. The van der Waals surface area contributed by atoms with Crippen molar-refractivity contribution in [2.75, 3.05) is 13.1 Å². The number of hydrogen-bond acceptors (Lipinski definition) is 3. The average Bonchev–Trinajstić information content (AvgIpc) is 2.94. The van der Waals surface area contributed by atoms with Gasteiger partial charge in [-0.2, -0.15) is 0 Å². The third-order valence-corrected chi connectivity index (χ3v) is 3.67. The molecule has 0 aromatic rings. The van der Waals surface area contributed by atoms with Crippen molar-refractivity contribution in [1.82, 2.24) is 10.6 Å². The summed E-state index contributed by atoms with van der Waals surface area (Å²) in [5.74, 6) is 0.824. The molecule has 3 nitrogen and oxygen atoms in total. The minimum atomic E-state index is 0.371. The maximum absolute atomic E-state index is 6.06. The predicted octanol–water partition coefficient (Wildman–Crippen LogP) is 2.90. The highest BCUT2D eigenvalue weighted by Gasteiger charge is 2.25. The molecule has 1 saturated carbocycles. The van der Waals surface area contributed by atoms with E-state index in [1.54, 1.807) is 0 Å². The van der Waals surface area contributed by atoms with Crippen molar-refractivity contribution in [2.45, 2.75) is 84.8 Å². The zero-order valence-corrected chi connectivity index (χ0v) is 13.8. The first kappa shape index (κ1) is 18.9. The van der Waals surface area contributed by atoms with Crippen molar-refractivity contribution in [3.8, 4) is 0 Å². The molecule has 116 valence electrons. The molecule has 2 fully saturated rings. The molecule has 0 amide bonds. The van der Waals surface area contributed by atoms with Crippen LogP contribution in [0.5, 0.6) is 0 Å². The van der Waals surface area contributed by atoms with Gasteiger partial charge in [0.2, 0.25) is 0 Å². The van der Waals surface area contributed by atoms with Gasteiger partial charge in [-0.25, -0.2) is 0 Å². The van der Waals surface area contributed by atoms with Gasteiger partial charge in [0.15, 0.2) is 0 Å². The molecule has 1 aliphatic carbocycles. The summed E-state index contributed by atoms with van der Waals surface area (Å²) < 4.78 is 0. The predicted molar refractivity (Wildman–Crippen MR) is 86.5 cm³/mol. The topological polar surface area (TPSA) is 50.1 Å². The lowest BCUT2D eigenvalue weighted by molar-refractivity contribution is 0.259. The van der Waals surface area contributed by atoms with E-state index in [1.165, 1.54) is 45.2 Å². The van der Waals surface area contributed by atoms with Crippen molar-refractivity contribution < 1.29 is 0 Å². The molecular weight excluding hydrogens is 234 g/mol. The minimum Gasteiger partial charge on any atom is -0.326 e. The lowest BCUT2D eigenvalue weighted by Gasteiger charge is -2.34. The van der Waals surface area contributed by atoms with E-state index < -0.39 is 0 Å². The minimum absolute atomic E-state index is 0.371. The van der Waals surface area contributed by atoms with Crippen molar-refractivity contribution in [2.24, 2.45) is 11.7 Å². The molecule has 1 saturated heterocycles. The molecular formula is C16H37N3. The number of hydrogen-bond donors (Lipinski definition) is 3. The maximum atomic E-state index is 6.06. The standard InChI is InChI=1S/C10H22N2.C4H9N.C2H6/c1-7(2)12-10-5-4-8(3)6-9(10)11;1-2-4-5-3-1;1-2/h7-10,12H,4-6,11H2,1-3H3;5H,1-4H2;1-2H3. The largest absolute Gasteiger partial charge is 0.326 e. The molecule has 2 aliphatic rings. The van der Waals surface area contributed by atoms with Crippen LogP contribution in [0, 0.1) is 5.92 Å². The van der Waals surface area contributed by atoms with E-state index >= 15 is 0 Å². The average molecular weight is 271 g/mol. The maximum Gasteiger partial charge on any atom is 0.0221 e. The van der Waals surface area contributed by atoms with Crippen molar-refractivity contribution in [3.05, 3.63) is 0 Å². The molecule has 0 aromatic carbocycles. The van der Waals surface area contributed by atoms with Gasteiger partial charge in [-0.1, -0.05) is 34.6 Å². The lowest BCUT2D eigenvalue weighted by Crippen LogP contribution is -2.50. The third kappa shape index (κ3) is 9.42. The van der Waals surface area contributed by atoms with Crippen LogP contribution < -0.4 is 16.4 Å². The Morgan fingerprint density at radius 2 is 1.68 bits per heavy atom. The van der Waals surface area contributed by atoms with E-state index in [1.807, 2.05) is 13.8 Å². The second-order valence-corrected chi connectivity index (χ2v) is 5.97. The zero-order chi connectivity index (χ0) is 14.7. The Morgan fingerprint density at radius 1 is 1.11 bits per heavy atom. The molecule has 0 bridgehead atoms. The summed E-state index contributed by atoms with van der Waals surface area (Å²) in [4.78, 5) is 0. The van der Waals surface area contributed by atoms with Crippen LogP contribution in [0.1, 0.15) is 66.7 Å². The van der Waals surface area contributed by atoms with Crippen molar-refractivity contribution in [1.29, 1.82) is 0 Å². The van der Waals surface area contributed by atoms with Gasteiger partial charge in [0.05, 0.1) is 0 Å². The van der Waals surface area contributed by atoms with E-state index in [2.05, 4.69) is 31.4 Å². The van der Waals surface area contributed by atoms with Gasteiger partial charge in [-0.05, 0) is 51.1 Å². The van der Waals surface area contributed by atoms with E-state index in [4.69, 9.17) is 5.73 Å². The Bertz CT molecular complexity index is 183. The van der Waals surface area contributed by atoms with Crippen LogP contribution in [0.2, 0.25) is 0 Å². The Kier molecular flexibility index (Phi) is 11.6. The number of nitrogens with two attached hydrogens (primary N) is 1. The first-order valence-corrected chi connectivity index (χ1v) is 8.32. The van der Waals surface area contributed by atoms with Gasteiger partial charge in [-0.15, -0.1) is 0 Å².